The SMILES string of the molecule is OC(c1ccccc1)(c1ccccc1)C1CCC1. The minimum atomic E-state index is -0.819. The van der Waals surface area contributed by atoms with Crippen LogP contribution in [0.3, 0.4) is 0 Å². The molecule has 2 aromatic carbocycles. The fraction of sp³-hybridized carbons (Fsp3) is 0.294. The first-order chi connectivity index (χ1) is 8.82. The number of aliphatic hydroxyl groups is 1. The molecule has 0 bridgehead atoms. The van der Waals surface area contributed by atoms with Gasteiger partial charge in [-0.25, -0.2) is 0 Å². The average molecular weight is 238 g/mol. The molecule has 0 saturated heterocycles. The third kappa shape index (κ3) is 1.75. The summed E-state index contributed by atoms with van der Waals surface area (Å²) in [5.74, 6) is 0.349. The predicted octanol–water partition coefficient (Wildman–Crippen LogP) is 3.72. The van der Waals surface area contributed by atoms with Crippen LogP contribution in [0.5, 0.6) is 0 Å². The van der Waals surface area contributed by atoms with Gasteiger partial charge in [0, 0.05) is 0 Å². The molecule has 0 amide bonds. The Bertz CT molecular complexity index is 460. The quantitative estimate of drug-likeness (QED) is 0.864. The molecule has 0 aliphatic heterocycles. The summed E-state index contributed by atoms with van der Waals surface area (Å²) in [4.78, 5) is 0. The Morgan fingerprint density at radius 1 is 0.778 bits per heavy atom. The summed E-state index contributed by atoms with van der Waals surface area (Å²) in [6, 6.07) is 20.1. The zero-order valence-electron chi connectivity index (χ0n) is 10.4. The molecule has 0 aromatic heterocycles. The van der Waals surface area contributed by atoms with Gasteiger partial charge in [0.15, 0.2) is 0 Å². The van der Waals surface area contributed by atoms with Crippen molar-refractivity contribution in [1.82, 2.24) is 0 Å². The van der Waals surface area contributed by atoms with Gasteiger partial charge in [-0.05, 0) is 29.9 Å². The molecule has 1 aliphatic carbocycles. The fourth-order valence-corrected chi connectivity index (χ4v) is 2.85. The van der Waals surface area contributed by atoms with Gasteiger partial charge in [-0.3, -0.25) is 0 Å². The maximum Gasteiger partial charge on any atom is 0.117 e. The zero-order valence-corrected chi connectivity index (χ0v) is 10.4. The van der Waals surface area contributed by atoms with Crippen molar-refractivity contribution in [2.45, 2.75) is 24.9 Å². The second-order valence-corrected chi connectivity index (χ2v) is 5.13. The van der Waals surface area contributed by atoms with E-state index in [1.807, 2.05) is 60.7 Å². The summed E-state index contributed by atoms with van der Waals surface area (Å²) in [7, 11) is 0. The van der Waals surface area contributed by atoms with Gasteiger partial charge in [-0.15, -0.1) is 0 Å². The van der Waals surface area contributed by atoms with E-state index >= 15 is 0 Å². The lowest BCUT2D eigenvalue weighted by Crippen LogP contribution is -2.40. The van der Waals surface area contributed by atoms with E-state index < -0.39 is 5.60 Å². The summed E-state index contributed by atoms with van der Waals surface area (Å²) in [5, 5.41) is 11.3. The first-order valence-corrected chi connectivity index (χ1v) is 6.65. The molecule has 0 radical (unpaired) electrons. The van der Waals surface area contributed by atoms with Crippen molar-refractivity contribution in [3.05, 3.63) is 71.8 Å². The molecule has 0 unspecified atom stereocenters. The van der Waals surface area contributed by atoms with Crippen molar-refractivity contribution in [1.29, 1.82) is 0 Å². The Labute approximate surface area is 108 Å². The smallest absolute Gasteiger partial charge is 0.117 e. The van der Waals surface area contributed by atoms with E-state index in [1.165, 1.54) is 6.42 Å². The van der Waals surface area contributed by atoms with Crippen LogP contribution in [0, 0.1) is 5.92 Å². The van der Waals surface area contributed by atoms with Crippen LogP contribution in [0.1, 0.15) is 30.4 Å². The summed E-state index contributed by atoms with van der Waals surface area (Å²) in [5.41, 5.74) is 1.21. The van der Waals surface area contributed by atoms with Crippen LogP contribution in [0.2, 0.25) is 0 Å². The molecule has 1 N–H and O–H groups in total. The molecule has 0 heterocycles. The normalized spacial score (nSPS) is 16.3. The molecule has 0 atom stereocenters. The van der Waals surface area contributed by atoms with Crippen LogP contribution < -0.4 is 0 Å². The van der Waals surface area contributed by atoms with Gasteiger partial charge in [-0.2, -0.15) is 0 Å². The van der Waals surface area contributed by atoms with Crippen LogP contribution in [-0.2, 0) is 5.60 Å². The highest BCUT2D eigenvalue weighted by atomic mass is 16.3. The molecule has 1 nitrogen and oxygen atoms in total. The Hall–Kier alpha value is -1.60. The molecule has 0 spiro atoms. The van der Waals surface area contributed by atoms with Crippen LogP contribution in [0.25, 0.3) is 0 Å². The maximum atomic E-state index is 11.3. The van der Waals surface area contributed by atoms with Gasteiger partial charge in [0.25, 0.3) is 0 Å². The average Bonchev–Trinajstić information content (AvgIpc) is 2.38. The highest BCUT2D eigenvalue weighted by Crippen LogP contribution is 2.46. The van der Waals surface area contributed by atoms with Gasteiger partial charge in [0.2, 0.25) is 0 Å². The highest BCUT2D eigenvalue weighted by molar-refractivity contribution is 5.37. The van der Waals surface area contributed by atoms with E-state index in [4.69, 9.17) is 0 Å². The summed E-state index contributed by atoms with van der Waals surface area (Å²) in [6.45, 7) is 0. The molecule has 1 heteroatoms. The third-order valence-electron chi connectivity index (χ3n) is 4.12. The molecule has 1 aliphatic rings. The van der Waals surface area contributed by atoms with Gasteiger partial charge < -0.3 is 5.11 Å². The predicted molar refractivity (Wildman–Crippen MR) is 73.2 cm³/mol. The lowest BCUT2D eigenvalue weighted by molar-refractivity contribution is -0.0200. The summed E-state index contributed by atoms with van der Waals surface area (Å²) < 4.78 is 0. The lowest BCUT2D eigenvalue weighted by Gasteiger charge is -2.42. The van der Waals surface area contributed by atoms with Crippen LogP contribution >= 0.6 is 0 Å². The molecule has 1 saturated carbocycles. The van der Waals surface area contributed by atoms with Gasteiger partial charge in [0.1, 0.15) is 5.60 Å². The number of benzene rings is 2. The van der Waals surface area contributed by atoms with Gasteiger partial charge in [-0.1, -0.05) is 67.1 Å². The lowest BCUT2D eigenvalue weighted by atomic mass is 9.67. The standard InChI is InChI=1S/C17H18O/c18-17(16-12-7-13-16,14-8-3-1-4-9-14)15-10-5-2-6-11-15/h1-6,8-11,16,18H,7,12-13H2. The molecular formula is C17H18O. The van der Waals surface area contributed by atoms with Gasteiger partial charge >= 0.3 is 0 Å². The fourth-order valence-electron chi connectivity index (χ4n) is 2.85. The molecule has 2 aromatic rings. The molecule has 1 fully saturated rings. The first kappa shape index (κ1) is 11.5. The zero-order chi connectivity index (χ0) is 12.4. The van der Waals surface area contributed by atoms with Crippen molar-refractivity contribution in [3.8, 4) is 0 Å². The van der Waals surface area contributed by atoms with Crippen LogP contribution in [-0.4, -0.2) is 5.11 Å². The largest absolute Gasteiger partial charge is 0.380 e. The molecule has 3 rings (SSSR count). The number of hydrogen-bond donors (Lipinski definition) is 1. The molecule has 18 heavy (non-hydrogen) atoms. The first-order valence-electron chi connectivity index (χ1n) is 6.65. The van der Waals surface area contributed by atoms with E-state index in [9.17, 15) is 5.11 Å². The Balaban J connectivity index is 2.10. The van der Waals surface area contributed by atoms with E-state index in [0.29, 0.717) is 5.92 Å². The van der Waals surface area contributed by atoms with Crippen LogP contribution in [0.15, 0.2) is 60.7 Å². The van der Waals surface area contributed by atoms with E-state index in [2.05, 4.69) is 0 Å². The summed E-state index contributed by atoms with van der Waals surface area (Å²) in [6.07, 6.45) is 3.45. The van der Waals surface area contributed by atoms with Crippen molar-refractivity contribution in [3.63, 3.8) is 0 Å². The van der Waals surface area contributed by atoms with Crippen molar-refractivity contribution < 1.29 is 5.11 Å². The van der Waals surface area contributed by atoms with Crippen molar-refractivity contribution in [2.24, 2.45) is 5.92 Å². The Morgan fingerprint density at radius 3 is 1.56 bits per heavy atom. The second-order valence-electron chi connectivity index (χ2n) is 5.13. The minimum Gasteiger partial charge on any atom is -0.380 e. The molecular weight excluding hydrogens is 220 g/mol. The number of rotatable bonds is 3. The maximum absolute atomic E-state index is 11.3. The van der Waals surface area contributed by atoms with Gasteiger partial charge in [0.05, 0.1) is 0 Å². The third-order valence-corrected chi connectivity index (χ3v) is 4.12. The Morgan fingerprint density at radius 2 is 1.22 bits per heavy atom. The Kier molecular flexibility index (Phi) is 2.92. The summed E-state index contributed by atoms with van der Waals surface area (Å²) >= 11 is 0. The monoisotopic (exact) mass is 238 g/mol. The van der Waals surface area contributed by atoms with E-state index in [-0.39, 0.29) is 0 Å². The van der Waals surface area contributed by atoms with Crippen LogP contribution in [0.4, 0.5) is 0 Å². The van der Waals surface area contributed by atoms with Crippen molar-refractivity contribution >= 4 is 0 Å². The number of hydrogen-bond acceptors (Lipinski definition) is 1. The van der Waals surface area contributed by atoms with E-state index in [0.717, 1.165) is 24.0 Å². The molecule has 92 valence electrons. The van der Waals surface area contributed by atoms with Crippen molar-refractivity contribution in [2.75, 3.05) is 0 Å². The second kappa shape index (κ2) is 4.58. The minimum absolute atomic E-state index is 0.349. The topological polar surface area (TPSA) is 20.2 Å². The highest BCUT2D eigenvalue weighted by Gasteiger charge is 2.42. The van der Waals surface area contributed by atoms with E-state index in [1.54, 1.807) is 0 Å².